The Labute approximate surface area is 90.5 Å². The highest BCUT2D eigenvalue weighted by molar-refractivity contribution is 5.78. The van der Waals surface area contributed by atoms with Gasteiger partial charge in [0.05, 0.1) is 0 Å². The van der Waals surface area contributed by atoms with E-state index in [9.17, 15) is 4.79 Å². The predicted molar refractivity (Wildman–Crippen MR) is 58.7 cm³/mol. The number of carbonyl (C=O) groups is 1. The summed E-state index contributed by atoms with van der Waals surface area (Å²) in [6.07, 6.45) is 6.39. The van der Waals surface area contributed by atoms with E-state index in [0.29, 0.717) is 25.2 Å². The van der Waals surface area contributed by atoms with Gasteiger partial charge in [-0.3, -0.25) is 9.78 Å². The highest BCUT2D eigenvalue weighted by Crippen LogP contribution is 2.04. The van der Waals surface area contributed by atoms with Gasteiger partial charge in [-0.1, -0.05) is 0 Å². The molecule has 0 aliphatic heterocycles. The molecule has 0 unspecified atom stereocenters. The number of ether oxygens (including phenoxy) is 1. The van der Waals surface area contributed by atoms with E-state index in [1.165, 1.54) is 5.56 Å². The van der Waals surface area contributed by atoms with Crippen molar-refractivity contribution >= 4 is 5.78 Å². The molecule has 0 aliphatic carbocycles. The Morgan fingerprint density at radius 3 is 2.73 bits per heavy atom. The van der Waals surface area contributed by atoms with Crippen molar-refractivity contribution in [3.63, 3.8) is 0 Å². The largest absolute Gasteiger partial charge is 0.385 e. The monoisotopic (exact) mass is 207 g/mol. The number of nitrogens with zero attached hydrogens (tertiary/aromatic N) is 1. The smallest absolute Gasteiger partial charge is 0.133 e. The lowest BCUT2D eigenvalue weighted by Crippen LogP contribution is -2.02. The molecule has 0 aromatic carbocycles. The summed E-state index contributed by atoms with van der Waals surface area (Å²) in [5, 5.41) is 0. The molecule has 1 rings (SSSR count). The van der Waals surface area contributed by atoms with Gasteiger partial charge in [0.15, 0.2) is 0 Å². The van der Waals surface area contributed by atoms with Crippen molar-refractivity contribution in [1.29, 1.82) is 0 Å². The van der Waals surface area contributed by atoms with Crippen LogP contribution in [-0.2, 0) is 16.0 Å². The number of hydrogen-bond donors (Lipinski definition) is 0. The molecule has 1 aromatic heterocycles. The average Bonchev–Trinajstić information content (AvgIpc) is 2.28. The predicted octanol–water partition coefficient (Wildman–Crippen LogP) is 2.01. The van der Waals surface area contributed by atoms with Gasteiger partial charge >= 0.3 is 0 Å². The molecule has 1 aromatic rings. The van der Waals surface area contributed by atoms with Gasteiger partial charge < -0.3 is 4.74 Å². The summed E-state index contributed by atoms with van der Waals surface area (Å²) >= 11 is 0. The lowest BCUT2D eigenvalue weighted by molar-refractivity contribution is -0.119. The fourth-order valence-corrected chi connectivity index (χ4v) is 1.37. The number of Topliss-reactive ketones (excluding diaryl/α,β-unsaturated/α-hetero) is 1. The molecule has 3 nitrogen and oxygen atoms in total. The molecular weight excluding hydrogens is 190 g/mol. The normalized spacial score (nSPS) is 10.2. The third-order valence-corrected chi connectivity index (χ3v) is 2.25. The van der Waals surface area contributed by atoms with Gasteiger partial charge in [-0.25, -0.2) is 0 Å². The van der Waals surface area contributed by atoms with Crippen LogP contribution in [0.15, 0.2) is 24.5 Å². The van der Waals surface area contributed by atoms with E-state index in [2.05, 4.69) is 4.98 Å². The van der Waals surface area contributed by atoms with Crippen LogP contribution >= 0.6 is 0 Å². The van der Waals surface area contributed by atoms with E-state index in [4.69, 9.17) is 4.74 Å². The van der Waals surface area contributed by atoms with Crippen LogP contribution in [0.3, 0.4) is 0 Å². The van der Waals surface area contributed by atoms with Crippen molar-refractivity contribution in [2.24, 2.45) is 0 Å². The summed E-state index contributed by atoms with van der Waals surface area (Å²) < 4.78 is 4.89. The van der Waals surface area contributed by atoms with Gasteiger partial charge in [-0.15, -0.1) is 0 Å². The summed E-state index contributed by atoms with van der Waals surface area (Å²) in [6, 6.07) is 3.89. The Morgan fingerprint density at radius 2 is 2.07 bits per heavy atom. The zero-order valence-corrected chi connectivity index (χ0v) is 9.11. The number of aromatic nitrogens is 1. The first kappa shape index (κ1) is 11.9. The zero-order valence-electron chi connectivity index (χ0n) is 9.11. The Hall–Kier alpha value is -1.22. The minimum absolute atomic E-state index is 0.309. The maximum Gasteiger partial charge on any atom is 0.133 e. The first-order valence-electron chi connectivity index (χ1n) is 5.22. The Morgan fingerprint density at radius 1 is 1.33 bits per heavy atom. The molecule has 82 valence electrons. The number of hydrogen-bond acceptors (Lipinski definition) is 3. The van der Waals surface area contributed by atoms with Crippen LogP contribution in [0.4, 0.5) is 0 Å². The van der Waals surface area contributed by atoms with E-state index in [-0.39, 0.29) is 0 Å². The van der Waals surface area contributed by atoms with Crippen molar-refractivity contribution in [1.82, 2.24) is 4.98 Å². The first-order valence-corrected chi connectivity index (χ1v) is 5.22. The molecule has 0 bridgehead atoms. The quantitative estimate of drug-likeness (QED) is 0.642. The molecule has 0 amide bonds. The molecule has 3 heteroatoms. The molecule has 15 heavy (non-hydrogen) atoms. The van der Waals surface area contributed by atoms with Crippen molar-refractivity contribution in [2.75, 3.05) is 13.7 Å². The standard InChI is InChI=1S/C12H17NO2/c1-15-10-2-3-12(14)5-4-11-6-8-13-9-7-11/h6-9H,2-5,10H2,1H3. The third kappa shape index (κ3) is 5.27. The topological polar surface area (TPSA) is 39.2 Å². The average molecular weight is 207 g/mol. The maximum absolute atomic E-state index is 11.4. The Balaban J connectivity index is 2.17. The second-order valence-electron chi connectivity index (χ2n) is 3.49. The van der Waals surface area contributed by atoms with Crippen molar-refractivity contribution in [2.45, 2.75) is 25.7 Å². The summed E-state index contributed by atoms with van der Waals surface area (Å²) in [6.45, 7) is 0.668. The summed E-state index contributed by atoms with van der Waals surface area (Å²) in [5.41, 5.74) is 1.17. The Kier molecular flexibility index (Phi) is 5.63. The van der Waals surface area contributed by atoms with E-state index < -0.39 is 0 Å². The minimum Gasteiger partial charge on any atom is -0.385 e. The van der Waals surface area contributed by atoms with Gasteiger partial charge in [0.2, 0.25) is 0 Å². The summed E-state index contributed by atoms with van der Waals surface area (Å²) in [5.74, 6) is 0.309. The molecule has 0 saturated heterocycles. The summed E-state index contributed by atoms with van der Waals surface area (Å²) in [4.78, 5) is 15.4. The van der Waals surface area contributed by atoms with Gasteiger partial charge in [-0.2, -0.15) is 0 Å². The van der Waals surface area contributed by atoms with Gasteiger partial charge in [0.1, 0.15) is 5.78 Å². The highest BCUT2D eigenvalue weighted by Gasteiger charge is 2.02. The van der Waals surface area contributed by atoms with Gasteiger partial charge in [0, 0.05) is 39.0 Å². The van der Waals surface area contributed by atoms with E-state index in [1.54, 1.807) is 19.5 Å². The van der Waals surface area contributed by atoms with Crippen LogP contribution in [0.2, 0.25) is 0 Å². The molecule has 0 atom stereocenters. The van der Waals surface area contributed by atoms with Gasteiger partial charge in [-0.05, 0) is 30.5 Å². The second-order valence-corrected chi connectivity index (χ2v) is 3.49. The first-order chi connectivity index (χ1) is 7.33. The van der Waals surface area contributed by atoms with Crippen LogP contribution in [0, 0.1) is 0 Å². The number of rotatable bonds is 7. The molecule has 0 N–H and O–H groups in total. The van der Waals surface area contributed by atoms with Crippen molar-refractivity contribution in [3.05, 3.63) is 30.1 Å². The number of carbonyl (C=O) groups excluding carboxylic acids is 1. The second kappa shape index (κ2) is 7.12. The number of methoxy groups -OCH3 is 1. The van der Waals surface area contributed by atoms with Crippen LogP contribution in [0.5, 0.6) is 0 Å². The molecule has 0 fully saturated rings. The number of ketones is 1. The number of pyridine rings is 1. The van der Waals surface area contributed by atoms with E-state index in [1.807, 2.05) is 12.1 Å². The maximum atomic E-state index is 11.4. The molecule has 1 heterocycles. The lowest BCUT2D eigenvalue weighted by atomic mass is 10.1. The van der Waals surface area contributed by atoms with E-state index >= 15 is 0 Å². The van der Waals surface area contributed by atoms with E-state index in [0.717, 1.165) is 12.8 Å². The van der Waals surface area contributed by atoms with Crippen LogP contribution in [-0.4, -0.2) is 24.5 Å². The zero-order chi connectivity index (χ0) is 10.9. The molecule has 0 spiro atoms. The number of aryl methyl sites for hydroxylation is 1. The SMILES string of the molecule is COCCCC(=O)CCc1ccncc1. The van der Waals surface area contributed by atoms with Crippen molar-refractivity contribution < 1.29 is 9.53 Å². The molecule has 0 saturated carbocycles. The van der Waals surface area contributed by atoms with Crippen LogP contribution < -0.4 is 0 Å². The minimum atomic E-state index is 0.309. The van der Waals surface area contributed by atoms with Gasteiger partial charge in [0.25, 0.3) is 0 Å². The summed E-state index contributed by atoms with van der Waals surface area (Å²) in [7, 11) is 1.65. The third-order valence-electron chi connectivity index (χ3n) is 2.25. The molecule has 0 aliphatic rings. The molecular formula is C12H17NO2. The fraction of sp³-hybridized carbons (Fsp3) is 0.500. The fourth-order valence-electron chi connectivity index (χ4n) is 1.37. The molecule has 0 radical (unpaired) electrons. The van der Waals surface area contributed by atoms with Crippen LogP contribution in [0.25, 0.3) is 0 Å². The van der Waals surface area contributed by atoms with Crippen LogP contribution in [0.1, 0.15) is 24.8 Å². The lowest BCUT2D eigenvalue weighted by Gasteiger charge is -2.01. The Bertz CT molecular complexity index is 285. The van der Waals surface area contributed by atoms with Crippen molar-refractivity contribution in [3.8, 4) is 0 Å². The highest BCUT2D eigenvalue weighted by atomic mass is 16.5.